The first-order valence-electron chi connectivity index (χ1n) is 8.95. The van der Waals surface area contributed by atoms with E-state index in [4.69, 9.17) is 19.9 Å². The number of ether oxygens (including phenoxy) is 3. The highest BCUT2D eigenvalue weighted by molar-refractivity contribution is 5.63. The maximum absolute atomic E-state index is 10.7. The van der Waals surface area contributed by atoms with Crippen LogP contribution in [0, 0.1) is 20.2 Å². The Hall–Kier alpha value is -3.64. The Morgan fingerprint density at radius 2 is 1.90 bits per heavy atom. The van der Waals surface area contributed by atoms with Crippen LogP contribution in [0.25, 0.3) is 0 Å². The summed E-state index contributed by atoms with van der Waals surface area (Å²) in [4.78, 5) is 19.8. The van der Waals surface area contributed by atoms with E-state index >= 15 is 0 Å². The Morgan fingerprint density at radius 1 is 1.16 bits per heavy atom. The number of fused-ring (bicyclic) bond motifs is 1. The van der Waals surface area contributed by atoms with E-state index in [-0.39, 0.29) is 31.6 Å². The number of nitro groups is 2. The minimum atomic E-state index is -0.712. The standard InChI is InChI=1S/C9H8N2O6.C9H12N2O2.CH4/c12-10(13)6-1-2-9(8(3-6)11(14)15)17-5-7-4-16-7;10-6-1-2-9-8(3-6)11-4-7(12)5-13-9;/h1-3,7H,4-5H2;1-3,7,11-12H,4-5,10H2;1H4. The predicted octanol–water partition coefficient (Wildman–Crippen LogP) is 2.35. The van der Waals surface area contributed by atoms with Gasteiger partial charge in [-0.3, -0.25) is 20.2 Å². The molecule has 0 radical (unpaired) electrons. The molecule has 0 bridgehead atoms. The van der Waals surface area contributed by atoms with Crippen LogP contribution in [0.15, 0.2) is 36.4 Å². The summed E-state index contributed by atoms with van der Waals surface area (Å²) in [6, 6.07) is 8.64. The molecule has 12 heteroatoms. The first-order valence-corrected chi connectivity index (χ1v) is 8.95. The number of non-ortho nitro benzene ring substituents is 1. The van der Waals surface area contributed by atoms with Gasteiger partial charge in [-0.05, 0) is 24.3 Å². The van der Waals surface area contributed by atoms with E-state index in [1.54, 1.807) is 18.2 Å². The zero-order valence-corrected chi connectivity index (χ0v) is 15.7. The predicted molar refractivity (Wildman–Crippen MR) is 113 cm³/mol. The fraction of sp³-hybridized carbons (Fsp3) is 0.368. The number of rotatable bonds is 5. The van der Waals surface area contributed by atoms with Crippen LogP contribution >= 0.6 is 0 Å². The lowest BCUT2D eigenvalue weighted by Gasteiger charge is -2.07. The van der Waals surface area contributed by atoms with E-state index in [2.05, 4.69) is 5.32 Å². The van der Waals surface area contributed by atoms with Crippen molar-refractivity contribution in [3.63, 3.8) is 0 Å². The number of epoxide rings is 1. The Morgan fingerprint density at radius 3 is 2.55 bits per heavy atom. The first kappa shape index (κ1) is 23.6. The van der Waals surface area contributed by atoms with Gasteiger partial charge >= 0.3 is 5.69 Å². The molecule has 4 N–H and O–H groups in total. The molecule has 1 saturated heterocycles. The number of aliphatic hydroxyl groups is 1. The van der Waals surface area contributed by atoms with Crippen LogP contribution in [0.3, 0.4) is 0 Å². The molecular weight excluding hydrogens is 412 g/mol. The zero-order valence-electron chi connectivity index (χ0n) is 15.7. The number of hydrogen-bond donors (Lipinski definition) is 3. The van der Waals surface area contributed by atoms with Crippen LogP contribution in [-0.2, 0) is 4.74 Å². The molecule has 2 aromatic rings. The van der Waals surface area contributed by atoms with E-state index in [0.29, 0.717) is 25.4 Å². The third kappa shape index (κ3) is 6.69. The smallest absolute Gasteiger partial charge is 0.317 e. The normalized spacial score (nSPS) is 18.4. The van der Waals surface area contributed by atoms with Gasteiger partial charge in [-0.2, -0.15) is 0 Å². The van der Waals surface area contributed by atoms with Crippen molar-refractivity contribution in [2.24, 2.45) is 0 Å². The highest BCUT2D eigenvalue weighted by Gasteiger charge is 2.26. The second-order valence-corrected chi connectivity index (χ2v) is 6.53. The molecule has 0 saturated carbocycles. The molecule has 31 heavy (non-hydrogen) atoms. The second-order valence-electron chi connectivity index (χ2n) is 6.53. The number of nitrogens with two attached hydrogens (primary N) is 1. The highest BCUT2D eigenvalue weighted by Crippen LogP contribution is 2.31. The number of β-amino-alcohol motifs (C(OH)–C–C–N with tert-alkyl or cyclic N) is 1. The number of aliphatic hydroxyl groups excluding tert-OH is 1. The second kappa shape index (κ2) is 10.4. The fourth-order valence-electron chi connectivity index (χ4n) is 2.52. The van der Waals surface area contributed by atoms with Gasteiger partial charge in [0.05, 0.1) is 28.2 Å². The summed E-state index contributed by atoms with van der Waals surface area (Å²) in [5.74, 6) is 0.752. The summed E-state index contributed by atoms with van der Waals surface area (Å²) in [5.41, 5.74) is 6.38. The van der Waals surface area contributed by atoms with Gasteiger partial charge in [-0.15, -0.1) is 0 Å². The van der Waals surface area contributed by atoms with Crippen molar-refractivity contribution in [1.82, 2.24) is 0 Å². The van der Waals surface area contributed by atoms with Gasteiger partial charge in [0.2, 0.25) is 0 Å². The molecular formula is C19H24N4O8. The lowest BCUT2D eigenvalue weighted by Crippen LogP contribution is -2.23. The molecule has 4 rings (SSSR count). The van der Waals surface area contributed by atoms with Gasteiger partial charge in [0.1, 0.15) is 31.2 Å². The molecule has 0 amide bonds. The summed E-state index contributed by atoms with van der Waals surface area (Å²) in [6.45, 7) is 1.60. The minimum Gasteiger partial charge on any atom is -0.489 e. The van der Waals surface area contributed by atoms with E-state index in [9.17, 15) is 25.3 Å². The zero-order chi connectivity index (χ0) is 21.7. The van der Waals surface area contributed by atoms with Gasteiger partial charge in [0.25, 0.3) is 5.69 Å². The van der Waals surface area contributed by atoms with Crippen molar-refractivity contribution in [3.8, 4) is 11.5 Å². The van der Waals surface area contributed by atoms with Crippen LogP contribution in [0.2, 0.25) is 0 Å². The van der Waals surface area contributed by atoms with Crippen LogP contribution in [0.4, 0.5) is 22.7 Å². The molecule has 2 atom stereocenters. The average molecular weight is 436 g/mol. The number of nitrogens with one attached hydrogen (secondary N) is 1. The van der Waals surface area contributed by atoms with E-state index in [1.165, 1.54) is 6.07 Å². The minimum absolute atomic E-state index is 0. The molecule has 2 aromatic carbocycles. The van der Waals surface area contributed by atoms with E-state index < -0.39 is 21.6 Å². The molecule has 0 aliphatic carbocycles. The summed E-state index contributed by atoms with van der Waals surface area (Å²) in [6.07, 6.45) is -0.501. The average Bonchev–Trinajstić information content (AvgIpc) is 3.55. The van der Waals surface area contributed by atoms with Crippen molar-refractivity contribution >= 4 is 22.7 Å². The van der Waals surface area contributed by atoms with Gasteiger partial charge in [-0.1, -0.05) is 7.43 Å². The number of hydrogen-bond acceptors (Lipinski definition) is 10. The van der Waals surface area contributed by atoms with Crippen LogP contribution in [-0.4, -0.2) is 53.5 Å². The van der Waals surface area contributed by atoms with Crippen molar-refractivity contribution in [1.29, 1.82) is 0 Å². The molecule has 0 aromatic heterocycles. The van der Waals surface area contributed by atoms with Crippen molar-refractivity contribution in [2.75, 3.05) is 37.4 Å². The van der Waals surface area contributed by atoms with Gasteiger partial charge < -0.3 is 30.4 Å². The largest absolute Gasteiger partial charge is 0.489 e. The highest BCUT2D eigenvalue weighted by atomic mass is 16.6. The Labute approximate surface area is 177 Å². The number of nitrogen functional groups attached to an aromatic ring is 1. The maximum atomic E-state index is 10.7. The Kier molecular flexibility index (Phi) is 7.94. The maximum Gasteiger partial charge on any atom is 0.317 e. The monoisotopic (exact) mass is 436 g/mol. The molecule has 1 fully saturated rings. The molecule has 12 nitrogen and oxygen atoms in total. The summed E-state index contributed by atoms with van der Waals surface area (Å²) >= 11 is 0. The van der Waals surface area contributed by atoms with Gasteiger partial charge in [-0.25, -0.2) is 0 Å². The van der Waals surface area contributed by atoms with Crippen molar-refractivity contribution < 1.29 is 29.2 Å². The van der Waals surface area contributed by atoms with Crippen LogP contribution in [0.5, 0.6) is 11.5 Å². The van der Waals surface area contributed by atoms with Crippen molar-refractivity contribution in [2.45, 2.75) is 19.6 Å². The molecule has 168 valence electrons. The lowest BCUT2D eigenvalue weighted by molar-refractivity contribution is -0.394. The lowest BCUT2D eigenvalue weighted by atomic mass is 10.2. The van der Waals surface area contributed by atoms with Gasteiger partial charge in [0.15, 0.2) is 5.75 Å². The van der Waals surface area contributed by atoms with Crippen LogP contribution < -0.4 is 20.5 Å². The Balaban J connectivity index is 0.000000220. The third-order valence-corrected chi connectivity index (χ3v) is 4.14. The molecule has 2 heterocycles. The molecule has 0 spiro atoms. The number of nitrogens with zero attached hydrogens (tertiary/aromatic N) is 2. The number of benzene rings is 2. The fourth-order valence-corrected chi connectivity index (χ4v) is 2.52. The number of nitro benzene ring substituents is 2. The topological polar surface area (TPSA) is 176 Å². The van der Waals surface area contributed by atoms with Gasteiger partial charge in [0, 0.05) is 18.3 Å². The summed E-state index contributed by atoms with van der Waals surface area (Å²) < 4.78 is 15.4. The van der Waals surface area contributed by atoms with Crippen molar-refractivity contribution in [3.05, 3.63) is 56.6 Å². The Bertz CT molecular complexity index is 935. The van der Waals surface area contributed by atoms with Crippen LogP contribution in [0.1, 0.15) is 7.43 Å². The van der Waals surface area contributed by atoms with E-state index in [0.717, 1.165) is 23.6 Å². The molecule has 2 unspecified atom stereocenters. The third-order valence-electron chi connectivity index (χ3n) is 4.14. The summed E-state index contributed by atoms with van der Waals surface area (Å²) in [7, 11) is 0. The van der Waals surface area contributed by atoms with E-state index in [1.807, 2.05) is 0 Å². The molecule has 2 aliphatic rings. The molecule has 2 aliphatic heterocycles. The SMILES string of the molecule is C.Nc1ccc2c(c1)NCC(O)CO2.O=[N+]([O-])c1ccc(OCC2CO2)c([N+](=O)[O-])c1. The number of anilines is 2. The quantitative estimate of drug-likeness (QED) is 0.273. The summed E-state index contributed by atoms with van der Waals surface area (Å²) in [5, 5.41) is 33.6. The first-order chi connectivity index (χ1) is 14.3.